The molecule has 3 aromatic heterocycles. The summed E-state index contributed by atoms with van der Waals surface area (Å²) in [6, 6.07) is 4.06. The quantitative estimate of drug-likeness (QED) is 0.395. The maximum absolute atomic E-state index is 5.73. The minimum atomic E-state index is 0.303. The Bertz CT molecular complexity index is 1030. The molecule has 9 heteroatoms. The molecule has 0 bridgehead atoms. The van der Waals surface area contributed by atoms with E-state index in [0.717, 1.165) is 23.3 Å². The van der Waals surface area contributed by atoms with Crippen LogP contribution in [-0.2, 0) is 0 Å². The van der Waals surface area contributed by atoms with Crippen LogP contribution in [0.2, 0.25) is 0 Å². The van der Waals surface area contributed by atoms with Crippen molar-refractivity contribution in [2.45, 2.75) is 33.2 Å². The second-order valence-corrected chi connectivity index (χ2v) is 6.87. The highest BCUT2D eigenvalue weighted by Crippen LogP contribution is 2.23. The monoisotopic (exact) mass is 393 g/mol. The van der Waals surface area contributed by atoms with Gasteiger partial charge >= 0.3 is 0 Å². The number of hydrogen-bond acceptors (Lipinski definition) is 8. The highest BCUT2D eigenvalue weighted by molar-refractivity contribution is 6.08. The van der Waals surface area contributed by atoms with Crippen LogP contribution in [0, 0.1) is 6.92 Å². The fourth-order valence-corrected chi connectivity index (χ4v) is 3.06. The third-order valence-electron chi connectivity index (χ3n) is 4.34. The molecule has 0 amide bonds. The van der Waals surface area contributed by atoms with E-state index in [1.165, 1.54) is 6.20 Å². The number of aliphatic imine (C=N–C) groups is 1. The Hall–Kier alpha value is -3.33. The fourth-order valence-electron chi connectivity index (χ4n) is 3.06. The molecule has 0 atom stereocenters. The molecule has 3 heterocycles. The molecule has 0 unspecified atom stereocenters. The first-order valence-corrected chi connectivity index (χ1v) is 9.60. The van der Waals surface area contributed by atoms with E-state index in [1.807, 2.05) is 13.0 Å². The smallest absolute Gasteiger partial charge is 0.164 e. The first-order chi connectivity index (χ1) is 14.0. The lowest BCUT2D eigenvalue weighted by Crippen LogP contribution is -2.04. The van der Waals surface area contributed by atoms with Gasteiger partial charge in [-0.05, 0) is 39.8 Å². The third-order valence-corrected chi connectivity index (χ3v) is 4.34. The lowest BCUT2D eigenvalue weighted by atomic mass is 10.3. The molecule has 3 aromatic rings. The van der Waals surface area contributed by atoms with Crippen molar-refractivity contribution in [3.8, 4) is 0 Å². The van der Waals surface area contributed by atoms with Crippen LogP contribution >= 0.6 is 0 Å². The second-order valence-electron chi connectivity index (χ2n) is 6.87. The molecular formula is C20H27N9. The second kappa shape index (κ2) is 9.24. The fraction of sp³-hybridized carbons (Fsp3) is 0.350. The van der Waals surface area contributed by atoms with Gasteiger partial charge in [0.1, 0.15) is 23.0 Å². The van der Waals surface area contributed by atoms with Crippen LogP contribution in [0.5, 0.6) is 0 Å². The van der Waals surface area contributed by atoms with Crippen molar-refractivity contribution in [3.05, 3.63) is 42.4 Å². The zero-order valence-corrected chi connectivity index (χ0v) is 17.0. The van der Waals surface area contributed by atoms with Gasteiger partial charge in [-0.15, -0.1) is 0 Å². The Morgan fingerprint density at radius 3 is 2.83 bits per heavy atom. The maximum Gasteiger partial charge on any atom is 0.164 e. The number of imidazole rings is 1. The Morgan fingerprint density at radius 1 is 1.28 bits per heavy atom. The molecule has 0 spiro atoms. The molecule has 0 fully saturated rings. The summed E-state index contributed by atoms with van der Waals surface area (Å²) < 4.78 is 2.18. The standard InChI is InChI=1S/C20H27N9/c1-13(2)29-14(3)26-16-12-25-19(9-17(16)29)27-18-5-8-24-20(28-18)15(10-22)11-23-7-4-6-21/h5,8-13H,4,6-7,21-22H2,1-3H3,(H,24,25,27,28). The van der Waals surface area contributed by atoms with E-state index in [9.17, 15) is 0 Å². The van der Waals surface area contributed by atoms with E-state index in [-0.39, 0.29) is 0 Å². The van der Waals surface area contributed by atoms with Crippen LogP contribution in [0.3, 0.4) is 0 Å². The number of aromatic nitrogens is 5. The highest BCUT2D eigenvalue weighted by atomic mass is 15.1. The van der Waals surface area contributed by atoms with Crippen molar-refractivity contribution in [1.29, 1.82) is 0 Å². The van der Waals surface area contributed by atoms with Gasteiger partial charge in [0.15, 0.2) is 5.82 Å². The molecule has 0 aliphatic rings. The van der Waals surface area contributed by atoms with Gasteiger partial charge in [-0.1, -0.05) is 0 Å². The van der Waals surface area contributed by atoms with E-state index in [2.05, 4.69) is 48.7 Å². The van der Waals surface area contributed by atoms with Crippen molar-refractivity contribution in [2.75, 3.05) is 18.4 Å². The minimum Gasteiger partial charge on any atom is -0.404 e. The first-order valence-electron chi connectivity index (χ1n) is 9.60. The van der Waals surface area contributed by atoms with E-state index < -0.39 is 0 Å². The van der Waals surface area contributed by atoms with Crippen LogP contribution < -0.4 is 16.8 Å². The van der Waals surface area contributed by atoms with Crippen molar-refractivity contribution < 1.29 is 0 Å². The van der Waals surface area contributed by atoms with Gasteiger partial charge in [0.05, 0.1) is 17.3 Å². The van der Waals surface area contributed by atoms with Gasteiger partial charge in [-0.2, -0.15) is 0 Å². The van der Waals surface area contributed by atoms with Crippen LogP contribution in [-0.4, -0.2) is 43.8 Å². The largest absolute Gasteiger partial charge is 0.404 e. The molecular weight excluding hydrogens is 366 g/mol. The summed E-state index contributed by atoms with van der Waals surface area (Å²) in [5, 5.41) is 3.23. The average molecular weight is 393 g/mol. The third kappa shape index (κ3) is 4.75. The number of hydrogen-bond donors (Lipinski definition) is 3. The number of rotatable bonds is 8. The Labute approximate surface area is 170 Å². The number of allylic oxidation sites excluding steroid dienone is 1. The van der Waals surface area contributed by atoms with Gasteiger partial charge in [0, 0.05) is 37.3 Å². The topological polar surface area (TPSA) is 133 Å². The predicted octanol–water partition coefficient (Wildman–Crippen LogP) is 2.57. The van der Waals surface area contributed by atoms with Gasteiger partial charge in [0.2, 0.25) is 0 Å². The van der Waals surface area contributed by atoms with Gasteiger partial charge < -0.3 is 21.4 Å². The molecule has 0 saturated heterocycles. The summed E-state index contributed by atoms with van der Waals surface area (Å²) in [6.07, 6.45) is 7.36. The summed E-state index contributed by atoms with van der Waals surface area (Å²) in [5.74, 6) is 2.74. The number of nitrogens with zero attached hydrogens (tertiary/aromatic N) is 6. The summed E-state index contributed by atoms with van der Waals surface area (Å²) in [6.45, 7) is 7.50. The SMILES string of the molecule is Cc1nc2cnc(Nc3ccnc(C(C=NCCCN)=CN)n3)cc2n1C(C)C. The molecule has 0 radical (unpaired) electrons. The van der Waals surface area contributed by atoms with E-state index in [1.54, 1.807) is 24.7 Å². The zero-order chi connectivity index (χ0) is 20.8. The van der Waals surface area contributed by atoms with Crippen LogP contribution in [0.1, 0.15) is 38.0 Å². The van der Waals surface area contributed by atoms with Crippen LogP contribution in [0.25, 0.3) is 16.6 Å². The number of nitrogens with one attached hydrogen (secondary N) is 1. The number of aryl methyl sites for hydroxylation is 1. The minimum absolute atomic E-state index is 0.303. The molecule has 0 aromatic carbocycles. The Balaban J connectivity index is 1.84. The molecule has 5 N–H and O–H groups in total. The molecule has 0 aliphatic heterocycles. The van der Waals surface area contributed by atoms with E-state index in [0.29, 0.717) is 42.2 Å². The van der Waals surface area contributed by atoms with E-state index in [4.69, 9.17) is 11.5 Å². The first kappa shape index (κ1) is 20.4. The van der Waals surface area contributed by atoms with Crippen molar-refractivity contribution in [2.24, 2.45) is 16.5 Å². The molecule has 9 nitrogen and oxygen atoms in total. The average Bonchev–Trinajstić information content (AvgIpc) is 3.03. The predicted molar refractivity (Wildman–Crippen MR) is 117 cm³/mol. The van der Waals surface area contributed by atoms with Crippen LogP contribution in [0.15, 0.2) is 35.7 Å². The summed E-state index contributed by atoms with van der Waals surface area (Å²) in [4.78, 5) is 22.2. The molecule has 0 aliphatic carbocycles. The lowest BCUT2D eigenvalue weighted by Gasteiger charge is -2.11. The maximum atomic E-state index is 5.73. The number of anilines is 2. The number of pyridine rings is 1. The number of fused-ring (bicyclic) bond motifs is 1. The van der Waals surface area contributed by atoms with Gasteiger partial charge in [-0.25, -0.2) is 19.9 Å². The molecule has 3 rings (SSSR count). The summed E-state index contributed by atoms with van der Waals surface area (Å²) in [5.41, 5.74) is 13.8. The van der Waals surface area contributed by atoms with E-state index >= 15 is 0 Å². The normalized spacial score (nSPS) is 12.4. The zero-order valence-electron chi connectivity index (χ0n) is 17.0. The van der Waals surface area contributed by atoms with Crippen molar-refractivity contribution in [3.63, 3.8) is 0 Å². The summed E-state index contributed by atoms with van der Waals surface area (Å²) in [7, 11) is 0. The molecule has 29 heavy (non-hydrogen) atoms. The van der Waals surface area contributed by atoms with Crippen molar-refractivity contribution in [1.82, 2.24) is 24.5 Å². The Kier molecular flexibility index (Phi) is 6.50. The highest BCUT2D eigenvalue weighted by Gasteiger charge is 2.12. The van der Waals surface area contributed by atoms with Crippen molar-refractivity contribution >= 4 is 34.5 Å². The van der Waals surface area contributed by atoms with Gasteiger partial charge in [0.25, 0.3) is 0 Å². The van der Waals surface area contributed by atoms with Gasteiger partial charge in [-0.3, -0.25) is 4.99 Å². The van der Waals surface area contributed by atoms with Crippen LogP contribution in [0.4, 0.5) is 11.6 Å². The number of nitrogens with two attached hydrogens (primary N) is 2. The Morgan fingerprint density at radius 2 is 2.10 bits per heavy atom. The molecule has 0 saturated carbocycles. The summed E-state index contributed by atoms with van der Waals surface area (Å²) >= 11 is 0. The lowest BCUT2D eigenvalue weighted by molar-refractivity contribution is 0.600. The molecule has 152 valence electrons.